The fourth-order valence-corrected chi connectivity index (χ4v) is 2.99. The van der Waals surface area contributed by atoms with E-state index in [-0.39, 0.29) is 18.3 Å². The number of nitrogens with two attached hydrogens (primary N) is 1. The van der Waals surface area contributed by atoms with Gasteiger partial charge in [-0.2, -0.15) is 0 Å². The van der Waals surface area contributed by atoms with E-state index in [4.69, 9.17) is 5.73 Å². The first kappa shape index (κ1) is 16.8. The van der Waals surface area contributed by atoms with Crippen LogP contribution in [0.25, 0.3) is 0 Å². The molecule has 1 aromatic carbocycles. The van der Waals surface area contributed by atoms with E-state index in [2.05, 4.69) is 12.2 Å². The lowest BCUT2D eigenvalue weighted by Gasteiger charge is -2.26. The molecule has 0 bridgehead atoms. The third-order valence-corrected chi connectivity index (χ3v) is 4.03. The van der Waals surface area contributed by atoms with Crippen LogP contribution in [-0.4, -0.2) is 12.5 Å². The number of carbonyl (C=O) groups is 1. The molecule has 4 heteroatoms. The predicted octanol–water partition coefficient (Wildman–Crippen LogP) is 3.64. The Labute approximate surface area is 127 Å². The Balaban J connectivity index is 0.00000200. The van der Waals surface area contributed by atoms with Crippen LogP contribution in [0, 0.1) is 11.8 Å². The summed E-state index contributed by atoms with van der Waals surface area (Å²) in [5.74, 6) is 1.62. The molecule has 2 rings (SSSR count). The number of carbonyl (C=O) groups excluding carboxylic acids is 1. The SMILES string of the molecule is CC1CCCC(CCNC(=O)c2cccc(N)c2)C1.Cl. The highest BCUT2D eigenvalue weighted by Crippen LogP contribution is 2.30. The summed E-state index contributed by atoms with van der Waals surface area (Å²) >= 11 is 0. The van der Waals surface area contributed by atoms with Gasteiger partial charge in [-0.05, 0) is 42.9 Å². The minimum absolute atomic E-state index is 0. The Morgan fingerprint density at radius 2 is 2.20 bits per heavy atom. The second-order valence-electron chi connectivity index (χ2n) is 5.81. The largest absolute Gasteiger partial charge is 0.399 e. The molecule has 0 spiro atoms. The summed E-state index contributed by atoms with van der Waals surface area (Å²) in [5, 5.41) is 2.99. The number of hydrogen-bond donors (Lipinski definition) is 2. The van der Waals surface area contributed by atoms with Crippen LogP contribution < -0.4 is 11.1 Å². The molecule has 1 saturated carbocycles. The molecule has 3 nitrogen and oxygen atoms in total. The van der Waals surface area contributed by atoms with Crippen molar-refractivity contribution in [1.82, 2.24) is 5.32 Å². The third kappa shape index (κ3) is 5.04. The zero-order chi connectivity index (χ0) is 13.7. The van der Waals surface area contributed by atoms with Crippen molar-refractivity contribution in [3.8, 4) is 0 Å². The van der Waals surface area contributed by atoms with E-state index in [1.54, 1.807) is 18.2 Å². The van der Waals surface area contributed by atoms with Crippen LogP contribution in [-0.2, 0) is 0 Å². The van der Waals surface area contributed by atoms with Crippen molar-refractivity contribution >= 4 is 24.0 Å². The predicted molar refractivity (Wildman–Crippen MR) is 86.2 cm³/mol. The van der Waals surface area contributed by atoms with Crippen molar-refractivity contribution in [2.75, 3.05) is 12.3 Å². The molecule has 1 aliphatic carbocycles. The molecule has 0 aliphatic heterocycles. The van der Waals surface area contributed by atoms with Gasteiger partial charge in [0.25, 0.3) is 5.91 Å². The molecule has 0 heterocycles. The van der Waals surface area contributed by atoms with E-state index in [1.165, 1.54) is 25.7 Å². The lowest BCUT2D eigenvalue weighted by molar-refractivity contribution is 0.0949. The van der Waals surface area contributed by atoms with Gasteiger partial charge in [-0.15, -0.1) is 12.4 Å². The van der Waals surface area contributed by atoms with Crippen LogP contribution >= 0.6 is 12.4 Å². The van der Waals surface area contributed by atoms with Crippen LogP contribution in [0.3, 0.4) is 0 Å². The van der Waals surface area contributed by atoms with E-state index in [9.17, 15) is 4.79 Å². The van der Waals surface area contributed by atoms with Gasteiger partial charge in [0.15, 0.2) is 0 Å². The maximum atomic E-state index is 11.9. The van der Waals surface area contributed by atoms with Gasteiger partial charge in [-0.1, -0.05) is 32.3 Å². The molecule has 112 valence electrons. The van der Waals surface area contributed by atoms with Crippen LogP contribution in [0.5, 0.6) is 0 Å². The van der Waals surface area contributed by atoms with Crippen molar-refractivity contribution in [1.29, 1.82) is 0 Å². The number of anilines is 1. The summed E-state index contributed by atoms with van der Waals surface area (Å²) in [4.78, 5) is 11.9. The summed E-state index contributed by atoms with van der Waals surface area (Å²) in [6.07, 6.45) is 6.44. The number of nitrogen functional groups attached to an aromatic ring is 1. The second-order valence-corrected chi connectivity index (χ2v) is 5.81. The van der Waals surface area contributed by atoms with E-state index in [0.717, 1.165) is 24.8 Å². The lowest BCUT2D eigenvalue weighted by Crippen LogP contribution is -2.27. The van der Waals surface area contributed by atoms with Gasteiger partial charge in [0.2, 0.25) is 0 Å². The third-order valence-electron chi connectivity index (χ3n) is 4.03. The number of halogens is 1. The Morgan fingerprint density at radius 1 is 1.40 bits per heavy atom. The van der Waals surface area contributed by atoms with Gasteiger partial charge in [-0.25, -0.2) is 0 Å². The van der Waals surface area contributed by atoms with Gasteiger partial charge in [0.1, 0.15) is 0 Å². The van der Waals surface area contributed by atoms with Crippen LogP contribution in [0.2, 0.25) is 0 Å². The monoisotopic (exact) mass is 296 g/mol. The zero-order valence-corrected chi connectivity index (χ0v) is 12.9. The molecule has 1 fully saturated rings. The molecule has 0 radical (unpaired) electrons. The molecule has 1 aromatic rings. The molecular weight excluding hydrogens is 272 g/mol. The highest BCUT2D eigenvalue weighted by atomic mass is 35.5. The zero-order valence-electron chi connectivity index (χ0n) is 12.1. The van der Waals surface area contributed by atoms with Gasteiger partial charge >= 0.3 is 0 Å². The van der Waals surface area contributed by atoms with Crippen LogP contribution in [0.1, 0.15) is 49.4 Å². The molecule has 2 atom stereocenters. The first-order chi connectivity index (χ1) is 9.15. The number of rotatable bonds is 4. The summed E-state index contributed by atoms with van der Waals surface area (Å²) in [5.41, 5.74) is 6.96. The molecule has 1 amide bonds. The molecule has 3 N–H and O–H groups in total. The number of hydrogen-bond acceptors (Lipinski definition) is 2. The van der Waals surface area contributed by atoms with E-state index >= 15 is 0 Å². The first-order valence-electron chi connectivity index (χ1n) is 7.29. The van der Waals surface area contributed by atoms with Gasteiger partial charge in [-0.3, -0.25) is 4.79 Å². The molecule has 0 saturated heterocycles. The molecule has 0 aromatic heterocycles. The highest BCUT2D eigenvalue weighted by molar-refractivity contribution is 5.94. The van der Waals surface area contributed by atoms with Crippen molar-refractivity contribution in [3.05, 3.63) is 29.8 Å². The van der Waals surface area contributed by atoms with E-state index in [1.807, 2.05) is 6.07 Å². The maximum Gasteiger partial charge on any atom is 0.251 e. The lowest BCUT2D eigenvalue weighted by atomic mass is 9.81. The Morgan fingerprint density at radius 3 is 2.90 bits per heavy atom. The summed E-state index contributed by atoms with van der Waals surface area (Å²) in [6, 6.07) is 7.12. The summed E-state index contributed by atoms with van der Waals surface area (Å²) in [7, 11) is 0. The van der Waals surface area contributed by atoms with Crippen molar-refractivity contribution in [2.24, 2.45) is 11.8 Å². The summed E-state index contributed by atoms with van der Waals surface area (Å²) < 4.78 is 0. The Bertz CT molecular complexity index is 436. The average Bonchev–Trinajstić information content (AvgIpc) is 2.38. The Hall–Kier alpha value is -1.22. The maximum absolute atomic E-state index is 11.9. The van der Waals surface area contributed by atoms with E-state index < -0.39 is 0 Å². The molecule has 2 unspecified atom stereocenters. The Kier molecular flexibility index (Phi) is 6.86. The van der Waals surface area contributed by atoms with Crippen molar-refractivity contribution in [2.45, 2.75) is 39.0 Å². The minimum atomic E-state index is -0.0174. The minimum Gasteiger partial charge on any atom is -0.399 e. The smallest absolute Gasteiger partial charge is 0.251 e. The second kappa shape index (κ2) is 8.15. The van der Waals surface area contributed by atoms with E-state index in [0.29, 0.717) is 11.3 Å². The summed E-state index contributed by atoms with van der Waals surface area (Å²) in [6.45, 7) is 3.10. The topological polar surface area (TPSA) is 55.1 Å². The fourth-order valence-electron chi connectivity index (χ4n) is 2.99. The standard InChI is InChI=1S/C16H24N2O.ClH/c1-12-4-2-5-13(10-12)8-9-18-16(19)14-6-3-7-15(17)11-14;/h3,6-7,11-13H,2,4-5,8-10,17H2,1H3,(H,18,19);1H. The van der Waals surface area contributed by atoms with Gasteiger partial charge in [0.05, 0.1) is 0 Å². The highest BCUT2D eigenvalue weighted by Gasteiger charge is 2.18. The first-order valence-corrected chi connectivity index (χ1v) is 7.29. The van der Waals surface area contributed by atoms with Gasteiger partial charge in [0, 0.05) is 17.8 Å². The number of nitrogens with one attached hydrogen (secondary N) is 1. The fraction of sp³-hybridized carbons (Fsp3) is 0.562. The normalized spacial score (nSPS) is 21.9. The number of amides is 1. The van der Waals surface area contributed by atoms with Crippen molar-refractivity contribution in [3.63, 3.8) is 0 Å². The van der Waals surface area contributed by atoms with Crippen molar-refractivity contribution < 1.29 is 4.79 Å². The number of benzene rings is 1. The van der Waals surface area contributed by atoms with Gasteiger partial charge < -0.3 is 11.1 Å². The molecular formula is C16H25ClN2O. The molecule has 1 aliphatic rings. The average molecular weight is 297 g/mol. The van der Waals surface area contributed by atoms with Crippen LogP contribution in [0.4, 0.5) is 5.69 Å². The quantitative estimate of drug-likeness (QED) is 0.834. The van der Waals surface area contributed by atoms with Crippen LogP contribution in [0.15, 0.2) is 24.3 Å². The molecule has 20 heavy (non-hydrogen) atoms.